The van der Waals surface area contributed by atoms with Crippen molar-refractivity contribution >= 4 is 35.0 Å². The topological polar surface area (TPSA) is 126 Å². The number of allylic oxidation sites excluding steroid dienone is 2. The summed E-state index contributed by atoms with van der Waals surface area (Å²) in [5.41, 5.74) is 6.52. The molecule has 2 aromatic rings. The van der Waals surface area contributed by atoms with Crippen LogP contribution >= 0.6 is 0 Å². The number of amides is 2. The predicted molar refractivity (Wildman–Crippen MR) is 142 cm³/mol. The Morgan fingerprint density at radius 1 is 1.05 bits per heavy atom. The lowest BCUT2D eigenvalue weighted by molar-refractivity contribution is -0.136. The van der Waals surface area contributed by atoms with Gasteiger partial charge in [0.15, 0.2) is 5.78 Å². The van der Waals surface area contributed by atoms with Crippen LogP contribution in [-0.2, 0) is 23.9 Å². The second-order valence-electron chi connectivity index (χ2n) is 8.95. The molecule has 0 radical (unpaired) electrons. The highest BCUT2D eigenvalue weighted by atomic mass is 16.5. The molecule has 0 bridgehead atoms. The van der Waals surface area contributed by atoms with E-state index in [1.165, 1.54) is 14.0 Å². The van der Waals surface area contributed by atoms with Crippen LogP contribution in [0, 0.1) is 18.3 Å². The Hall–Kier alpha value is -4.97. The number of benzene rings is 2. The number of carbonyl (C=O) groups is 4. The van der Waals surface area contributed by atoms with Gasteiger partial charge in [-0.15, -0.1) is 6.42 Å². The molecule has 0 spiro atoms. The predicted octanol–water partition coefficient (Wildman–Crippen LogP) is 2.75. The number of Topliss-reactive ketones (excluding diaryl/α,β-unsaturated/α-hetero) is 1. The normalized spacial score (nSPS) is 19.2. The van der Waals surface area contributed by atoms with Crippen molar-refractivity contribution < 1.29 is 23.9 Å². The number of methoxy groups -OCH3 is 1. The molecule has 2 aromatic carbocycles. The number of dihydropyridines is 1. The summed E-state index contributed by atoms with van der Waals surface area (Å²) in [5.74, 6) is -0.796. The van der Waals surface area contributed by atoms with Crippen LogP contribution in [0.2, 0.25) is 0 Å². The number of ether oxygens (including phenoxy) is 1. The maximum absolute atomic E-state index is 13.6. The molecule has 2 heterocycles. The molecule has 0 aromatic heterocycles. The summed E-state index contributed by atoms with van der Waals surface area (Å²) >= 11 is 0. The first-order chi connectivity index (χ1) is 18.2. The first kappa shape index (κ1) is 26.1. The molecule has 2 amide bonds. The number of nitrogens with one attached hydrogen (secondary N) is 3. The minimum atomic E-state index is -0.832. The monoisotopic (exact) mass is 510 g/mol. The molecule has 4 rings (SSSR count). The van der Waals surface area contributed by atoms with Crippen molar-refractivity contribution in [2.45, 2.75) is 26.7 Å². The summed E-state index contributed by atoms with van der Waals surface area (Å²) in [6.45, 7) is 5.03. The summed E-state index contributed by atoms with van der Waals surface area (Å²) in [6.07, 6.45) is 5.60. The summed E-state index contributed by atoms with van der Waals surface area (Å²) in [5, 5.41) is 9.88. The van der Waals surface area contributed by atoms with E-state index in [0.717, 1.165) is 0 Å². The van der Waals surface area contributed by atoms with Gasteiger partial charge in [-0.2, -0.15) is 5.10 Å². The SMILES string of the molecule is C#Cc1cccc(C2C(C(=O)Nc3ccc(C4=NNC(=O)C(C)C4=O)cc3)=C(C)NC(C)=C2C(=O)OC)c1. The van der Waals surface area contributed by atoms with E-state index in [0.29, 0.717) is 44.9 Å². The van der Waals surface area contributed by atoms with Crippen LogP contribution in [0.25, 0.3) is 0 Å². The number of hydrogen-bond acceptors (Lipinski definition) is 7. The van der Waals surface area contributed by atoms with Gasteiger partial charge in [-0.1, -0.05) is 30.2 Å². The van der Waals surface area contributed by atoms with Crippen molar-refractivity contribution in [3.8, 4) is 12.3 Å². The van der Waals surface area contributed by atoms with Gasteiger partial charge in [-0.05, 0) is 50.6 Å². The van der Waals surface area contributed by atoms with Crippen LogP contribution in [0.5, 0.6) is 0 Å². The van der Waals surface area contributed by atoms with Crippen LogP contribution < -0.4 is 16.1 Å². The molecule has 2 atom stereocenters. The minimum absolute atomic E-state index is 0.141. The highest BCUT2D eigenvalue weighted by Crippen LogP contribution is 2.39. The maximum atomic E-state index is 13.6. The van der Waals surface area contributed by atoms with Gasteiger partial charge in [0.1, 0.15) is 11.6 Å². The standard InChI is InChI=1S/C29H26N4O5/c1-6-18-8-7-9-20(14-18)24-22(16(3)30-17(4)23(24)29(37)38-5)28(36)31-21-12-10-19(11-13-21)25-26(34)15(2)27(35)33-32-25/h1,7-15,24,30H,2-5H3,(H,31,36)(H,33,35). The Morgan fingerprint density at radius 2 is 1.74 bits per heavy atom. The summed E-state index contributed by atoms with van der Waals surface area (Å²) in [4.78, 5) is 50.6. The number of carbonyl (C=O) groups excluding carboxylic acids is 4. The van der Waals surface area contributed by atoms with Crippen molar-refractivity contribution in [3.63, 3.8) is 0 Å². The molecule has 192 valence electrons. The average molecular weight is 511 g/mol. The molecule has 2 unspecified atom stereocenters. The second-order valence-corrected chi connectivity index (χ2v) is 8.95. The smallest absolute Gasteiger partial charge is 0.336 e. The Balaban J connectivity index is 1.67. The Bertz CT molecular complexity index is 1490. The van der Waals surface area contributed by atoms with Crippen molar-refractivity contribution in [1.82, 2.24) is 10.7 Å². The molecule has 3 N–H and O–H groups in total. The van der Waals surface area contributed by atoms with Gasteiger partial charge < -0.3 is 15.4 Å². The average Bonchev–Trinajstić information content (AvgIpc) is 2.91. The molecule has 0 saturated carbocycles. The summed E-state index contributed by atoms with van der Waals surface area (Å²) < 4.78 is 5.05. The number of nitrogens with zero attached hydrogens (tertiary/aromatic N) is 1. The molecule has 0 aliphatic carbocycles. The van der Waals surface area contributed by atoms with E-state index in [4.69, 9.17) is 11.2 Å². The fraction of sp³-hybridized carbons (Fsp3) is 0.207. The maximum Gasteiger partial charge on any atom is 0.336 e. The molecular formula is C29H26N4O5. The first-order valence-electron chi connectivity index (χ1n) is 11.8. The number of anilines is 1. The van der Waals surface area contributed by atoms with Crippen LogP contribution in [0.3, 0.4) is 0 Å². The number of ketones is 1. The van der Waals surface area contributed by atoms with Gasteiger partial charge in [0.25, 0.3) is 11.8 Å². The first-order valence-corrected chi connectivity index (χ1v) is 11.8. The van der Waals surface area contributed by atoms with Gasteiger partial charge in [-0.3, -0.25) is 14.4 Å². The van der Waals surface area contributed by atoms with Crippen LogP contribution in [-0.4, -0.2) is 36.4 Å². The molecule has 0 fully saturated rings. The third kappa shape index (κ3) is 4.84. The molecule has 0 saturated heterocycles. The Morgan fingerprint density at radius 3 is 2.39 bits per heavy atom. The van der Waals surface area contributed by atoms with Crippen molar-refractivity contribution in [2.24, 2.45) is 11.0 Å². The van der Waals surface area contributed by atoms with Crippen molar-refractivity contribution in [2.75, 3.05) is 12.4 Å². The molecule has 9 heteroatoms. The van der Waals surface area contributed by atoms with Gasteiger partial charge in [0.05, 0.1) is 18.6 Å². The van der Waals surface area contributed by atoms with E-state index in [1.807, 2.05) is 6.07 Å². The quantitative estimate of drug-likeness (QED) is 0.323. The van der Waals surface area contributed by atoms with E-state index in [9.17, 15) is 19.2 Å². The Kier molecular flexibility index (Phi) is 7.26. The lowest BCUT2D eigenvalue weighted by Crippen LogP contribution is -2.41. The van der Waals surface area contributed by atoms with Crippen LogP contribution in [0.15, 0.2) is 76.2 Å². The third-order valence-corrected chi connectivity index (χ3v) is 6.51. The summed E-state index contributed by atoms with van der Waals surface area (Å²) in [6, 6.07) is 13.7. The fourth-order valence-corrected chi connectivity index (χ4v) is 4.52. The number of hydrazone groups is 1. The van der Waals surface area contributed by atoms with Crippen molar-refractivity contribution in [1.29, 1.82) is 0 Å². The zero-order valence-corrected chi connectivity index (χ0v) is 21.3. The van der Waals surface area contributed by atoms with Gasteiger partial charge >= 0.3 is 5.97 Å². The highest BCUT2D eigenvalue weighted by Gasteiger charge is 2.37. The van der Waals surface area contributed by atoms with Crippen molar-refractivity contribution in [3.05, 3.63) is 87.8 Å². The van der Waals surface area contributed by atoms with Crippen LogP contribution in [0.4, 0.5) is 5.69 Å². The lowest BCUT2D eigenvalue weighted by atomic mass is 9.79. The largest absolute Gasteiger partial charge is 0.466 e. The molecule has 2 aliphatic heterocycles. The van der Waals surface area contributed by atoms with E-state index in [2.05, 4.69) is 27.1 Å². The number of rotatable bonds is 5. The third-order valence-electron chi connectivity index (χ3n) is 6.51. The molecular weight excluding hydrogens is 484 g/mol. The molecule has 38 heavy (non-hydrogen) atoms. The van der Waals surface area contributed by atoms with E-state index >= 15 is 0 Å². The van der Waals surface area contributed by atoms with E-state index in [-0.39, 0.29) is 11.5 Å². The summed E-state index contributed by atoms with van der Waals surface area (Å²) in [7, 11) is 1.29. The van der Waals surface area contributed by atoms with Gasteiger partial charge in [0, 0.05) is 33.8 Å². The minimum Gasteiger partial charge on any atom is -0.466 e. The molecule has 9 nitrogen and oxygen atoms in total. The van der Waals surface area contributed by atoms with Gasteiger partial charge in [0.2, 0.25) is 0 Å². The Labute approximate surface area is 220 Å². The lowest BCUT2D eigenvalue weighted by Gasteiger charge is -2.31. The van der Waals surface area contributed by atoms with E-state index < -0.39 is 29.6 Å². The molecule has 2 aliphatic rings. The zero-order valence-electron chi connectivity index (χ0n) is 21.3. The highest BCUT2D eigenvalue weighted by molar-refractivity contribution is 6.50. The van der Waals surface area contributed by atoms with Gasteiger partial charge in [-0.25, -0.2) is 10.2 Å². The van der Waals surface area contributed by atoms with E-state index in [1.54, 1.807) is 56.3 Å². The number of esters is 1. The number of terminal acetylenes is 1. The zero-order chi connectivity index (χ0) is 27.6. The fourth-order valence-electron chi connectivity index (χ4n) is 4.52. The second kappa shape index (κ2) is 10.6. The van der Waals surface area contributed by atoms with Crippen LogP contribution in [0.1, 0.15) is 43.4 Å². The number of hydrogen-bond donors (Lipinski definition) is 3.